The minimum atomic E-state index is -4.51. The summed E-state index contributed by atoms with van der Waals surface area (Å²) in [6, 6.07) is 5.39. The van der Waals surface area contributed by atoms with Crippen molar-refractivity contribution in [3.63, 3.8) is 0 Å². The summed E-state index contributed by atoms with van der Waals surface area (Å²) in [5.74, 6) is -0.739. The van der Waals surface area contributed by atoms with Crippen LogP contribution in [0.2, 0.25) is 5.02 Å². The highest BCUT2D eigenvalue weighted by atomic mass is 35.5. The van der Waals surface area contributed by atoms with E-state index in [0.717, 1.165) is 17.8 Å². The van der Waals surface area contributed by atoms with Crippen LogP contribution >= 0.6 is 23.4 Å². The molecule has 1 aromatic carbocycles. The average Bonchev–Trinajstić information content (AvgIpc) is 2.64. The van der Waals surface area contributed by atoms with Gasteiger partial charge in [0.25, 0.3) is 0 Å². The minimum Gasteiger partial charge on any atom is -0.478 e. The maximum Gasteiger partial charge on any atom is 0.417 e. The summed E-state index contributed by atoms with van der Waals surface area (Å²) in [4.78, 5) is 15.3. The normalized spacial score (nSPS) is 12.8. The molecule has 0 aliphatic carbocycles. The van der Waals surface area contributed by atoms with Gasteiger partial charge < -0.3 is 5.11 Å². The molecule has 1 unspecified atom stereocenters. The third-order valence-electron chi connectivity index (χ3n) is 3.62. The zero-order valence-corrected chi connectivity index (χ0v) is 16.9. The molecule has 0 saturated heterocycles. The number of halogens is 4. The molecule has 28 heavy (non-hydrogen) atoms. The zero-order chi connectivity index (χ0) is 20.9. The summed E-state index contributed by atoms with van der Waals surface area (Å²) in [6.45, 7) is 2.07. The van der Waals surface area contributed by atoms with Crippen molar-refractivity contribution in [2.45, 2.75) is 29.4 Å². The van der Waals surface area contributed by atoms with Gasteiger partial charge >= 0.3 is 12.1 Å². The Morgan fingerprint density at radius 3 is 2.64 bits per heavy atom. The third kappa shape index (κ3) is 5.94. The average molecular weight is 453 g/mol. The molecule has 152 valence electrons. The van der Waals surface area contributed by atoms with Gasteiger partial charge in [-0.2, -0.15) is 13.2 Å². The fourth-order valence-electron chi connectivity index (χ4n) is 2.23. The van der Waals surface area contributed by atoms with Crippen molar-refractivity contribution in [1.29, 1.82) is 0 Å². The lowest BCUT2D eigenvalue weighted by atomic mass is 10.1. The molecule has 0 radical (unpaired) electrons. The van der Waals surface area contributed by atoms with Crippen molar-refractivity contribution in [2.24, 2.45) is 0 Å². The van der Waals surface area contributed by atoms with Crippen molar-refractivity contribution < 1.29 is 27.3 Å². The first-order valence-corrected chi connectivity index (χ1v) is 10.5. The number of benzene rings is 1. The molecule has 0 bridgehead atoms. The Hall–Kier alpha value is -1.62. The smallest absolute Gasteiger partial charge is 0.417 e. The van der Waals surface area contributed by atoms with Crippen LogP contribution in [0, 0.1) is 0 Å². The summed E-state index contributed by atoms with van der Waals surface area (Å²) < 4.78 is 52.8. The standard InChI is InChI=1S/C17H16ClF3N2O3S2/c1-2-10-3-4-12(8-13(10)16(24)25)28(26)23-5-6-27-15-14(18)7-11(9-22-15)17(19,20)21/h3-4,7-9,23H,2,5-6H2,1H3,(H,24,25). The van der Waals surface area contributed by atoms with Gasteiger partial charge in [-0.05, 0) is 30.2 Å². The first-order chi connectivity index (χ1) is 13.1. The van der Waals surface area contributed by atoms with E-state index in [0.29, 0.717) is 28.8 Å². The molecule has 11 heteroatoms. The van der Waals surface area contributed by atoms with Crippen LogP contribution < -0.4 is 4.72 Å². The van der Waals surface area contributed by atoms with E-state index in [1.807, 2.05) is 6.92 Å². The Bertz CT molecular complexity index is 894. The fourth-order valence-corrected chi connectivity index (χ4v) is 4.28. The van der Waals surface area contributed by atoms with Crippen LogP contribution in [0.25, 0.3) is 0 Å². The van der Waals surface area contributed by atoms with Crippen molar-refractivity contribution >= 4 is 40.3 Å². The topological polar surface area (TPSA) is 79.3 Å². The number of nitrogens with zero attached hydrogens (tertiary/aromatic N) is 1. The number of alkyl halides is 3. The lowest BCUT2D eigenvalue weighted by Gasteiger charge is -2.10. The number of nitrogens with one attached hydrogen (secondary N) is 1. The van der Waals surface area contributed by atoms with Crippen LogP contribution in [0.3, 0.4) is 0 Å². The summed E-state index contributed by atoms with van der Waals surface area (Å²) in [5.41, 5.74) is -0.178. The molecule has 2 rings (SSSR count). The van der Waals surface area contributed by atoms with Gasteiger partial charge in [0.05, 0.1) is 21.0 Å². The molecule has 2 N–H and O–H groups in total. The molecule has 0 aliphatic heterocycles. The molecule has 0 spiro atoms. The molecule has 0 aliphatic rings. The van der Waals surface area contributed by atoms with E-state index in [1.165, 1.54) is 6.07 Å². The molecule has 0 saturated carbocycles. The van der Waals surface area contributed by atoms with E-state index in [-0.39, 0.29) is 22.2 Å². The van der Waals surface area contributed by atoms with Crippen LogP contribution in [-0.2, 0) is 23.6 Å². The van der Waals surface area contributed by atoms with E-state index in [2.05, 4.69) is 9.71 Å². The Morgan fingerprint density at radius 2 is 2.07 bits per heavy atom. The second-order valence-electron chi connectivity index (χ2n) is 5.50. The zero-order valence-electron chi connectivity index (χ0n) is 14.5. The summed E-state index contributed by atoms with van der Waals surface area (Å²) in [5, 5.41) is 9.36. The predicted octanol–water partition coefficient (Wildman–Crippen LogP) is 4.42. The van der Waals surface area contributed by atoms with Crippen LogP contribution in [-0.4, -0.2) is 32.6 Å². The fraction of sp³-hybridized carbons (Fsp3) is 0.294. The van der Waals surface area contributed by atoms with Crippen molar-refractivity contribution in [3.05, 3.63) is 52.2 Å². The van der Waals surface area contributed by atoms with Crippen LogP contribution in [0.15, 0.2) is 40.4 Å². The summed E-state index contributed by atoms with van der Waals surface area (Å²) >= 11 is 6.95. The van der Waals surface area contributed by atoms with Gasteiger partial charge in [0.1, 0.15) is 16.0 Å². The van der Waals surface area contributed by atoms with Crippen molar-refractivity contribution in [2.75, 3.05) is 12.3 Å². The Labute approximate surface area is 171 Å². The number of hydrogen-bond acceptors (Lipinski definition) is 4. The number of carbonyl (C=O) groups is 1. The number of aromatic nitrogens is 1. The maximum absolute atomic E-state index is 12.6. The number of carboxylic acids is 1. The molecule has 1 heterocycles. The van der Waals surface area contributed by atoms with Gasteiger partial charge in [-0.1, -0.05) is 24.6 Å². The van der Waals surface area contributed by atoms with Gasteiger partial charge in [0.15, 0.2) is 0 Å². The SMILES string of the molecule is CCc1ccc(S(=O)NCCSc2ncc(C(F)(F)F)cc2Cl)cc1C(=O)O. The highest BCUT2D eigenvalue weighted by Gasteiger charge is 2.31. The number of thioether (sulfide) groups is 1. The molecular formula is C17H16ClF3N2O3S2. The summed E-state index contributed by atoms with van der Waals surface area (Å²) in [6.07, 6.45) is -3.26. The molecular weight excluding hydrogens is 437 g/mol. The first-order valence-electron chi connectivity index (χ1n) is 8.00. The lowest BCUT2D eigenvalue weighted by Crippen LogP contribution is -2.20. The number of rotatable bonds is 8. The maximum atomic E-state index is 12.6. The molecule has 1 atom stereocenters. The van der Waals surface area contributed by atoms with E-state index in [4.69, 9.17) is 11.6 Å². The van der Waals surface area contributed by atoms with Gasteiger partial charge in [0.2, 0.25) is 0 Å². The Morgan fingerprint density at radius 1 is 1.36 bits per heavy atom. The second kappa shape index (κ2) is 9.73. The van der Waals surface area contributed by atoms with Crippen molar-refractivity contribution in [1.82, 2.24) is 9.71 Å². The number of aryl methyl sites for hydroxylation is 1. The largest absolute Gasteiger partial charge is 0.478 e. The third-order valence-corrected chi connectivity index (χ3v) is 6.17. The quantitative estimate of drug-likeness (QED) is 0.458. The van der Waals surface area contributed by atoms with E-state index in [1.54, 1.807) is 12.1 Å². The summed E-state index contributed by atoms with van der Waals surface area (Å²) in [7, 11) is -1.63. The highest BCUT2D eigenvalue weighted by molar-refractivity contribution is 7.99. The van der Waals surface area contributed by atoms with Gasteiger partial charge in [-0.15, -0.1) is 11.8 Å². The van der Waals surface area contributed by atoms with Crippen LogP contribution in [0.1, 0.15) is 28.4 Å². The number of aromatic carboxylic acids is 1. The molecule has 1 aromatic heterocycles. The molecule has 0 fully saturated rings. The predicted molar refractivity (Wildman–Crippen MR) is 102 cm³/mol. The van der Waals surface area contributed by atoms with E-state index < -0.39 is 28.7 Å². The van der Waals surface area contributed by atoms with Gasteiger partial charge in [-0.25, -0.2) is 18.7 Å². The Kier molecular flexibility index (Phi) is 7.87. The highest BCUT2D eigenvalue weighted by Crippen LogP contribution is 2.33. The second-order valence-corrected chi connectivity index (χ2v) is 8.29. The van der Waals surface area contributed by atoms with Crippen molar-refractivity contribution in [3.8, 4) is 0 Å². The van der Waals surface area contributed by atoms with Gasteiger partial charge in [0, 0.05) is 18.5 Å². The van der Waals surface area contributed by atoms with Crippen LogP contribution in [0.4, 0.5) is 13.2 Å². The Balaban J connectivity index is 1.93. The number of carboxylic acid groups (broad SMARTS) is 1. The number of pyridine rings is 1. The molecule has 0 amide bonds. The first kappa shape index (κ1) is 22.7. The number of hydrogen-bond donors (Lipinski definition) is 2. The molecule has 5 nitrogen and oxygen atoms in total. The lowest BCUT2D eigenvalue weighted by molar-refractivity contribution is -0.137. The monoisotopic (exact) mass is 452 g/mol. The molecule has 2 aromatic rings. The van der Waals surface area contributed by atoms with E-state index >= 15 is 0 Å². The van der Waals surface area contributed by atoms with Gasteiger partial charge in [-0.3, -0.25) is 0 Å². The van der Waals surface area contributed by atoms with Crippen LogP contribution in [0.5, 0.6) is 0 Å². The minimum absolute atomic E-state index is 0.102. The van der Waals surface area contributed by atoms with E-state index in [9.17, 15) is 27.3 Å².